The van der Waals surface area contributed by atoms with Crippen LogP contribution in [-0.2, 0) is 104 Å². The number of amides is 4. The summed E-state index contributed by atoms with van der Waals surface area (Å²) in [4.78, 5) is 51.7. The van der Waals surface area contributed by atoms with E-state index in [1.165, 1.54) is 0 Å². The lowest BCUT2D eigenvalue weighted by Crippen LogP contribution is -2.71. The van der Waals surface area contributed by atoms with E-state index in [2.05, 4.69) is 21.3 Å². The predicted octanol–water partition coefficient (Wildman–Crippen LogP) is -22.6. The van der Waals surface area contributed by atoms with Crippen molar-refractivity contribution in [3.8, 4) is 0 Å². The van der Waals surface area contributed by atoms with Gasteiger partial charge in [-0.3, -0.25) is 19.2 Å². The van der Waals surface area contributed by atoms with Gasteiger partial charge in [-0.15, -0.1) is 0 Å². The van der Waals surface area contributed by atoms with Gasteiger partial charge >= 0.3 is 0 Å². The van der Waals surface area contributed by atoms with Gasteiger partial charge in [-0.05, 0) is 0 Å². The molecule has 123 heavy (non-hydrogen) atoms. The van der Waals surface area contributed by atoms with E-state index in [-0.39, 0.29) is 0 Å². The molecule has 9 fully saturated rings. The highest BCUT2D eigenvalue weighted by Gasteiger charge is 2.62. The number of aliphatic hydroxyl groups is 29. The molecule has 4 amide bonds. The number of hydrogen-bond donors (Lipinski definition) is 33. The van der Waals surface area contributed by atoms with Crippen LogP contribution in [0.25, 0.3) is 0 Å². The minimum absolute atomic E-state index is 0.849. The maximum Gasteiger partial charge on any atom is 0.217 e. The first-order valence-electron chi connectivity index (χ1n) is 39.1. The molecule has 0 bridgehead atoms. The Morgan fingerprint density at radius 3 is 1.03 bits per heavy atom. The van der Waals surface area contributed by atoms with Gasteiger partial charge in [0.25, 0.3) is 0 Å². The Morgan fingerprint density at radius 1 is 0.276 bits per heavy atom. The summed E-state index contributed by atoms with van der Waals surface area (Å²) >= 11 is 0. The Balaban J connectivity index is 1.18. The van der Waals surface area contributed by atoms with Gasteiger partial charge in [0.2, 0.25) is 23.6 Å². The second-order valence-electron chi connectivity index (χ2n) is 30.8. The molecular formula is C68H116N4O51. The van der Waals surface area contributed by atoms with E-state index in [1.807, 2.05) is 0 Å². The van der Waals surface area contributed by atoms with Crippen molar-refractivity contribution < 1.29 is 253 Å². The number of rotatable bonds is 36. The zero-order chi connectivity index (χ0) is 90.9. The second-order valence-corrected chi connectivity index (χ2v) is 30.8. The molecule has 0 aromatic carbocycles. The molecule has 0 saturated carbocycles. The maximum atomic E-state index is 13.3. The van der Waals surface area contributed by atoms with Crippen molar-refractivity contribution in [2.24, 2.45) is 0 Å². The molecule has 55 heteroatoms. The molecule has 0 unspecified atom stereocenters. The van der Waals surface area contributed by atoms with Gasteiger partial charge in [0, 0.05) is 27.7 Å². The number of ether oxygens (including phenoxy) is 18. The minimum Gasteiger partial charge on any atom is -0.394 e. The Hall–Kier alpha value is -4.00. The van der Waals surface area contributed by atoms with Crippen LogP contribution in [0.2, 0.25) is 0 Å². The summed E-state index contributed by atoms with van der Waals surface area (Å²) in [6.45, 7) is -9.28. The van der Waals surface area contributed by atoms with E-state index in [0.29, 0.717) is 0 Å². The number of hydrogen-bond acceptors (Lipinski definition) is 51. The van der Waals surface area contributed by atoms with Crippen molar-refractivity contribution in [2.75, 3.05) is 72.7 Å². The van der Waals surface area contributed by atoms with Gasteiger partial charge in [-0.1, -0.05) is 0 Å². The van der Waals surface area contributed by atoms with Crippen molar-refractivity contribution in [1.82, 2.24) is 21.3 Å². The van der Waals surface area contributed by atoms with E-state index in [4.69, 9.17) is 85.3 Å². The molecule has 55 nitrogen and oxygen atoms in total. The molecule has 0 radical (unpaired) electrons. The normalized spacial score (nSPS) is 46.7. The summed E-state index contributed by atoms with van der Waals surface area (Å²) in [5, 5.41) is 332. The van der Waals surface area contributed by atoms with Crippen LogP contribution in [0.3, 0.4) is 0 Å². The molecule has 9 rings (SSSR count). The lowest BCUT2D eigenvalue weighted by molar-refractivity contribution is -0.408. The van der Waals surface area contributed by atoms with Crippen LogP contribution in [0.1, 0.15) is 27.7 Å². The van der Waals surface area contributed by atoms with Crippen molar-refractivity contribution in [2.45, 2.75) is 328 Å². The third-order valence-corrected chi connectivity index (χ3v) is 22.1. The molecular weight excluding hydrogens is 1690 g/mol. The quantitative estimate of drug-likeness (QED) is 0.0277. The maximum absolute atomic E-state index is 13.3. The van der Waals surface area contributed by atoms with Gasteiger partial charge in [0.05, 0.1) is 78.7 Å². The first-order valence-corrected chi connectivity index (χ1v) is 39.1. The van der Waals surface area contributed by atoms with Crippen molar-refractivity contribution in [1.29, 1.82) is 0 Å². The van der Waals surface area contributed by atoms with Gasteiger partial charge in [0.15, 0.2) is 56.6 Å². The first-order chi connectivity index (χ1) is 58.2. The number of aliphatic hydroxyl groups excluding tert-OH is 29. The molecule has 9 aliphatic rings. The van der Waals surface area contributed by atoms with Crippen LogP contribution in [-0.4, -0.2) is 545 Å². The van der Waals surface area contributed by atoms with Crippen molar-refractivity contribution in [3.63, 3.8) is 0 Å². The molecule has 33 N–H and O–H groups in total. The fraction of sp³-hybridized carbons (Fsp3) is 0.941. The number of nitrogens with one attached hydrogen (secondary N) is 4. The largest absolute Gasteiger partial charge is 0.394 e. The SMILES string of the molecule is CC(=O)N[C@H]1[C@H](O[C@@H]([C@H](O)[C@H](CO)NC(C)=O)[C@H](O)CO)O[C@H](CO)[C@@H](O[C@@H]2O[C@H](CO[C@H]3O[C@H](CO[C@H]4O[C@H](CO)[C@@H](O)[C@H](O)[C@@H]4O)[C@@H](O)[C@H](O[C@H]4O[C@H](CO)[C@@H](O)[C@H](O)[C@@H]4O)[C@@H]3O)[C@@H](O[C@@H]3O[C@H](CO)[C@@H](O)[C@H](O)[C@H]3NC(C)=O)[C@H](O[C@H]3O[C@H](CO)[C@@H](O)[C@H](O)[C@@H]3O[C@@H]3O[C@H](CO)[C@@H](O[C@@H]4O[C@H](CO)[C@H](O)[C@H](O)[C@H]4O)[C@H](O)[C@H]3NC(C)=O)[C@@H]2O)[C@@H]1O. The Kier molecular flexibility index (Phi) is 38.2. The summed E-state index contributed by atoms with van der Waals surface area (Å²) in [5.74, 6) is -3.93. The molecule has 0 aromatic heterocycles. The lowest BCUT2D eigenvalue weighted by atomic mass is 9.93. The van der Waals surface area contributed by atoms with E-state index in [0.717, 1.165) is 27.7 Å². The Bertz CT molecular complexity index is 3250. The van der Waals surface area contributed by atoms with E-state index < -0.39 is 397 Å². The zero-order valence-electron chi connectivity index (χ0n) is 66.0. The Morgan fingerprint density at radius 2 is 0.593 bits per heavy atom. The van der Waals surface area contributed by atoms with Gasteiger partial charge in [0.1, 0.15) is 238 Å². The fourth-order valence-corrected chi connectivity index (χ4v) is 15.4. The summed E-state index contributed by atoms with van der Waals surface area (Å²) in [6, 6.07) is -7.91. The van der Waals surface area contributed by atoms with Gasteiger partial charge in [-0.2, -0.15) is 0 Å². The van der Waals surface area contributed by atoms with Gasteiger partial charge < -0.3 is 255 Å². The monoisotopic (exact) mass is 1800 g/mol. The van der Waals surface area contributed by atoms with E-state index in [1.54, 1.807) is 0 Å². The molecule has 49 atom stereocenters. The molecule has 714 valence electrons. The zero-order valence-corrected chi connectivity index (χ0v) is 66.0. The molecule has 0 aromatic rings. The predicted molar refractivity (Wildman–Crippen MR) is 378 cm³/mol. The van der Waals surface area contributed by atoms with Crippen LogP contribution in [0.4, 0.5) is 0 Å². The third-order valence-electron chi connectivity index (χ3n) is 22.1. The smallest absolute Gasteiger partial charge is 0.217 e. The van der Waals surface area contributed by atoms with Gasteiger partial charge in [-0.25, -0.2) is 0 Å². The topological polar surface area (TPSA) is 869 Å². The second kappa shape index (κ2) is 45.7. The molecule has 0 spiro atoms. The molecule has 0 aliphatic carbocycles. The average Bonchev–Trinajstić information content (AvgIpc) is 0.758. The highest BCUT2D eigenvalue weighted by atomic mass is 16.8. The summed E-state index contributed by atoms with van der Waals surface area (Å²) in [5.41, 5.74) is 0. The summed E-state index contributed by atoms with van der Waals surface area (Å²) in [7, 11) is 0. The standard InChI is InChI=1S/C68H116N4O51/c1-16(82)69-20(5-73)34(87)53(21(86)6-74)117-61-32(71-18(3)84)42(95)55(28(13-81)113-61)119-67-52(105)58(122-68-59(47(100)39(92)26(11-79)112-68)123-62-33(72-19(4)85)43(96)54(27(12-80)114-62)118-65-49(102)45(98)37(90)24(9-77)110-65)56(120-60-31(70-17(2)83)41(94)35(88)22(7-75)108-60)30(116-67)15-107-64-51(104)57(121-66-50(103)46(99)38(91)25(10-78)111-66)40(93)29(115-64)14-106-63-48(101)44(97)36(89)23(8-76)109-63/h20-68,73-81,86-105H,5-15H2,1-4H3,(H,69,82)(H,70,83)(H,71,84)(H,72,85)/t20-,21+,22+,23+,24+,25+,26+,27+,28+,29+,30+,31+,32+,33+,34+,35+,36+,37-,38+,39+,40+,41+,42+,43+,44-,45-,46-,47-,48-,49+,50-,51-,52-,53+,54+,55+,56+,57-,58+,59-,60-,61-,62-,63-,64-,65-,66+,67-,68+/m0/s1. The highest BCUT2D eigenvalue weighted by Crippen LogP contribution is 2.41. The number of carbonyl (C=O) groups excluding carboxylic acids is 4. The van der Waals surface area contributed by atoms with Crippen LogP contribution >= 0.6 is 0 Å². The summed E-state index contributed by atoms with van der Waals surface area (Å²) < 4.78 is 108. The number of carbonyl (C=O) groups is 4. The Labute approximate surface area is 696 Å². The molecule has 9 aliphatic heterocycles. The van der Waals surface area contributed by atoms with Crippen LogP contribution in [0.5, 0.6) is 0 Å². The van der Waals surface area contributed by atoms with Crippen molar-refractivity contribution in [3.05, 3.63) is 0 Å². The lowest BCUT2D eigenvalue weighted by Gasteiger charge is -2.52. The summed E-state index contributed by atoms with van der Waals surface area (Å²) in [6.07, 6.45) is -100.0. The molecule has 9 saturated heterocycles. The molecule has 9 heterocycles. The van der Waals surface area contributed by atoms with Crippen LogP contribution in [0, 0.1) is 0 Å². The van der Waals surface area contributed by atoms with Crippen molar-refractivity contribution >= 4 is 23.6 Å². The first kappa shape index (κ1) is 103. The van der Waals surface area contributed by atoms with Crippen LogP contribution < -0.4 is 21.3 Å². The average molecular weight is 1810 g/mol. The minimum atomic E-state index is -2.80. The highest BCUT2D eigenvalue weighted by molar-refractivity contribution is 5.74. The van der Waals surface area contributed by atoms with E-state index in [9.17, 15) is 167 Å². The fourth-order valence-electron chi connectivity index (χ4n) is 15.4. The van der Waals surface area contributed by atoms with E-state index >= 15 is 0 Å². The van der Waals surface area contributed by atoms with Crippen LogP contribution in [0.15, 0.2) is 0 Å². The third kappa shape index (κ3) is 23.5.